The molecular formula is C15H8F3NOS. The van der Waals surface area contributed by atoms with E-state index in [1.165, 1.54) is 30.0 Å². The molecule has 106 valence electrons. The van der Waals surface area contributed by atoms with Crippen LogP contribution in [-0.2, 0) is 0 Å². The molecular weight excluding hydrogens is 299 g/mol. The van der Waals surface area contributed by atoms with Crippen molar-refractivity contribution >= 4 is 23.6 Å². The molecule has 0 unspecified atom stereocenters. The molecule has 0 saturated heterocycles. The largest absolute Gasteiger partial charge is 0.289 e. The molecule has 1 aliphatic rings. The molecule has 0 saturated carbocycles. The monoisotopic (exact) mass is 307 g/mol. The Morgan fingerprint density at radius 1 is 1.19 bits per heavy atom. The van der Waals surface area contributed by atoms with E-state index in [0.29, 0.717) is 16.2 Å². The molecule has 21 heavy (non-hydrogen) atoms. The smallest absolute Gasteiger partial charge is 0.213 e. The summed E-state index contributed by atoms with van der Waals surface area (Å²) in [6.45, 7) is 0. The number of hydrogen-bond donors (Lipinski definition) is 0. The maximum absolute atomic E-state index is 13.6. The molecule has 1 aromatic heterocycles. The van der Waals surface area contributed by atoms with Crippen molar-refractivity contribution in [3.63, 3.8) is 0 Å². The molecule has 0 radical (unpaired) electrons. The molecule has 2 heterocycles. The average molecular weight is 307 g/mol. The molecule has 2 nitrogen and oxygen atoms in total. The number of hydrogen-bond acceptors (Lipinski definition) is 3. The van der Waals surface area contributed by atoms with Gasteiger partial charge in [0.1, 0.15) is 11.6 Å². The Labute approximate surface area is 122 Å². The lowest BCUT2D eigenvalue weighted by Gasteiger charge is -2.17. The number of carbonyl (C=O) groups excluding carboxylic acids is 1. The van der Waals surface area contributed by atoms with E-state index < -0.39 is 17.6 Å². The number of ketones is 1. The van der Waals surface area contributed by atoms with E-state index in [4.69, 9.17) is 0 Å². The SMILES string of the molecule is O=C1/C(=C\c2cc(F)ncc2F)CSc2ccc(F)cc21. The topological polar surface area (TPSA) is 30.0 Å². The lowest BCUT2D eigenvalue weighted by atomic mass is 10.0. The number of nitrogens with zero attached hydrogens (tertiary/aromatic N) is 1. The van der Waals surface area contributed by atoms with E-state index in [1.807, 2.05) is 0 Å². The quantitative estimate of drug-likeness (QED) is 0.592. The molecule has 0 spiro atoms. The highest BCUT2D eigenvalue weighted by molar-refractivity contribution is 7.99. The third-order valence-electron chi connectivity index (χ3n) is 3.04. The number of halogens is 3. The molecule has 0 N–H and O–H groups in total. The van der Waals surface area contributed by atoms with Gasteiger partial charge in [-0.05, 0) is 24.3 Å². The Kier molecular flexibility index (Phi) is 3.55. The third kappa shape index (κ3) is 2.71. The molecule has 0 amide bonds. The Balaban J connectivity index is 2.03. The van der Waals surface area contributed by atoms with Crippen LogP contribution in [0.3, 0.4) is 0 Å². The van der Waals surface area contributed by atoms with Gasteiger partial charge < -0.3 is 0 Å². The van der Waals surface area contributed by atoms with E-state index in [-0.39, 0.29) is 16.9 Å². The molecule has 2 aromatic rings. The van der Waals surface area contributed by atoms with E-state index in [0.717, 1.165) is 18.3 Å². The average Bonchev–Trinajstić information content (AvgIpc) is 2.46. The number of carbonyl (C=O) groups is 1. The van der Waals surface area contributed by atoms with Gasteiger partial charge >= 0.3 is 0 Å². The van der Waals surface area contributed by atoms with Crippen LogP contribution in [0.5, 0.6) is 0 Å². The van der Waals surface area contributed by atoms with Crippen LogP contribution in [0.15, 0.2) is 40.9 Å². The number of rotatable bonds is 1. The van der Waals surface area contributed by atoms with Gasteiger partial charge in [-0.25, -0.2) is 13.8 Å². The number of pyridine rings is 1. The summed E-state index contributed by atoms with van der Waals surface area (Å²) in [6.07, 6.45) is 2.04. The second-order valence-electron chi connectivity index (χ2n) is 4.46. The van der Waals surface area contributed by atoms with E-state index in [1.54, 1.807) is 0 Å². The van der Waals surface area contributed by atoms with Crippen LogP contribution < -0.4 is 0 Å². The highest BCUT2D eigenvalue weighted by atomic mass is 32.2. The second kappa shape index (κ2) is 5.37. The van der Waals surface area contributed by atoms with Crippen LogP contribution in [-0.4, -0.2) is 16.5 Å². The highest BCUT2D eigenvalue weighted by Gasteiger charge is 2.23. The van der Waals surface area contributed by atoms with Gasteiger partial charge in [0, 0.05) is 33.4 Å². The Morgan fingerprint density at radius 2 is 2.00 bits per heavy atom. The first-order chi connectivity index (χ1) is 10.0. The van der Waals surface area contributed by atoms with Crippen LogP contribution in [0.25, 0.3) is 6.08 Å². The van der Waals surface area contributed by atoms with Crippen molar-refractivity contribution in [3.05, 3.63) is 64.7 Å². The first kappa shape index (κ1) is 13.9. The van der Waals surface area contributed by atoms with Gasteiger partial charge in [0.25, 0.3) is 0 Å². The zero-order valence-electron chi connectivity index (χ0n) is 10.6. The van der Waals surface area contributed by atoms with Crippen molar-refractivity contribution in [2.45, 2.75) is 4.90 Å². The van der Waals surface area contributed by atoms with Crippen LogP contribution in [0.4, 0.5) is 13.2 Å². The normalized spacial score (nSPS) is 16.1. The van der Waals surface area contributed by atoms with E-state index in [9.17, 15) is 18.0 Å². The fourth-order valence-electron chi connectivity index (χ4n) is 2.03. The maximum Gasteiger partial charge on any atom is 0.213 e. The lowest BCUT2D eigenvalue weighted by molar-refractivity contribution is 0.103. The van der Waals surface area contributed by atoms with Crippen LogP contribution in [0.2, 0.25) is 0 Å². The third-order valence-corrected chi connectivity index (χ3v) is 4.16. The molecule has 6 heteroatoms. The summed E-state index contributed by atoms with van der Waals surface area (Å²) < 4.78 is 39.8. The predicted octanol–water partition coefficient (Wildman–Crippen LogP) is 3.87. The first-order valence-electron chi connectivity index (χ1n) is 6.03. The Bertz CT molecular complexity index is 774. The number of thioether (sulfide) groups is 1. The summed E-state index contributed by atoms with van der Waals surface area (Å²) >= 11 is 1.35. The number of Topliss-reactive ketones (excluding diaryl/α,β-unsaturated/α-hetero) is 1. The zero-order chi connectivity index (χ0) is 15.0. The standard InChI is InChI=1S/C15H8F3NOS/c16-10-1-2-13-11(5-10)15(20)9(7-21-13)3-8-4-14(18)19-6-12(8)17/h1-6H,7H2/b9-3-. The van der Waals surface area contributed by atoms with Crippen LogP contribution >= 0.6 is 11.8 Å². The number of fused-ring (bicyclic) bond motifs is 1. The molecule has 0 aliphatic carbocycles. The van der Waals surface area contributed by atoms with Gasteiger partial charge in [0.05, 0.1) is 6.20 Å². The van der Waals surface area contributed by atoms with Crippen molar-refractivity contribution in [1.82, 2.24) is 4.98 Å². The lowest BCUT2D eigenvalue weighted by Crippen LogP contribution is -2.12. The molecule has 0 bridgehead atoms. The van der Waals surface area contributed by atoms with Gasteiger partial charge in [-0.1, -0.05) is 0 Å². The van der Waals surface area contributed by atoms with Crippen molar-refractivity contribution in [2.75, 3.05) is 5.75 Å². The Morgan fingerprint density at radius 3 is 2.81 bits per heavy atom. The molecule has 3 rings (SSSR count). The summed E-state index contributed by atoms with van der Waals surface area (Å²) in [5.41, 5.74) is 0.487. The summed E-state index contributed by atoms with van der Waals surface area (Å²) in [5, 5.41) is 0. The van der Waals surface area contributed by atoms with Crippen molar-refractivity contribution in [2.24, 2.45) is 0 Å². The van der Waals surface area contributed by atoms with Gasteiger partial charge in [-0.15, -0.1) is 11.8 Å². The maximum atomic E-state index is 13.6. The molecule has 1 aliphatic heterocycles. The minimum atomic E-state index is -0.828. The van der Waals surface area contributed by atoms with E-state index >= 15 is 0 Å². The molecule has 0 atom stereocenters. The van der Waals surface area contributed by atoms with Crippen molar-refractivity contribution in [3.8, 4) is 0 Å². The zero-order valence-corrected chi connectivity index (χ0v) is 11.4. The van der Waals surface area contributed by atoms with Gasteiger partial charge in [0.2, 0.25) is 5.95 Å². The summed E-state index contributed by atoms with van der Waals surface area (Å²) in [5.74, 6) is -2.11. The Hall–Kier alpha value is -2.08. The van der Waals surface area contributed by atoms with Gasteiger partial charge in [-0.2, -0.15) is 4.39 Å². The summed E-state index contributed by atoms with van der Waals surface area (Å²) in [6, 6.07) is 4.89. The van der Waals surface area contributed by atoms with Crippen LogP contribution in [0.1, 0.15) is 15.9 Å². The summed E-state index contributed by atoms with van der Waals surface area (Å²) in [4.78, 5) is 16.2. The fourth-order valence-corrected chi connectivity index (χ4v) is 3.03. The minimum absolute atomic E-state index is 0.0497. The van der Waals surface area contributed by atoms with Crippen molar-refractivity contribution in [1.29, 1.82) is 0 Å². The highest BCUT2D eigenvalue weighted by Crippen LogP contribution is 2.34. The van der Waals surface area contributed by atoms with Crippen LogP contribution in [0, 0.1) is 17.6 Å². The summed E-state index contributed by atoms with van der Waals surface area (Å²) in [7, 11) is 0. The second-order valence-corrected chi connectivity index (χ2v) is 5.47. The number of aromatic nitrogens is 1. The predicted molar refractivity (Wildman–Crippen MR) is 73.6 cm³/mol. The minimum Gasteiger partial charge on any atom is -0.289 e. The number of benzene rings is 1. The van der Waals surface area contributed by atoms with Gasteiger partial charge in [0.15, 0.2) is 5.78 Å². The fraction of sp³-hybridized carbons (Fsp3) is 0.0667. The first-order valence-corrected chi connectivity index (χ1v) is 7.02. The van der Waals surface area contributed by atoms with Crippen molar-refractivity contribution < 1.29 is 18.0 Å². The molecule has 0 fully saturated rings. The van der Waals surface area contributed by atoms with Gasteiger partial charge in [-0.3, -0.25) is 4.79 Å². The van der Waals surface area contributed by atoms with E-state index in [2.05, 4.69) is 4.98 Å². The molecule has 1 aromatic carbocycles.